The molecule has 11 nitrogen and oxygen atoms in total. The van der Waals surface area contributed by atoms with Gasteiger partial charge >= 0.3 is 5.69 Å². The number of rotatable bonds is 6. The second kappa shape index (κ2) is 7.54. The number of aryl methyl sites for hydroxylation is 1. The van der Waals surface area contributed by atoms with Crippen LogP contribution in [-0.4, -0.2) is 45.7 Å². The molecule has 4 heterocycles. The highest BCUT2D eigenvalue weighted by molar-refractivity contribution is 5.57. The Bertz CT molecular complexity index is 1530. The molecule has 6 rings (SSSR count). The zero-order chi connectivity index (χ0) is 22.5. The van der Waals surface area contributed by atoms with Gasteiger partial charge in [0.15, 0.2) is 5.65 Å². The van der Waals surface area contributed by atoms with Crippen molar-refractivity contribution in [2.45, 2.75) is 44.7 Å². The third-order valence-electron chi connectivity index (χ3n) is 5.86. The Morgan fingerprint density at radius 3 is 2.76 bits per heavy atom. The largest absolute Gasteiger partial charge is 0.493 e. The minimum Gasteiger partial charge on any atom is -0.493 e. The second-order valence-electron chi connectivity index (χ2n) is 8.69. The molecule has 4 aromatic rings. The van der Waals surface area contributed by atoms with E-state index in [-0.39, 0.29) is 23.7 Å². The van der Waals surface area contributed by atoms with Gasteiger partial charge in [-0.15, -0.1) is 0 Å². The molecular weight excluding hydrogens is 422 g/mol. The van der Waals surface area contributed by atoms with Gasteiger partial charge in [-0.1, -0.05) is 6.07 Å². The maximum atomic E-state index is 11.5. The summed E-state index contributed by atoms with van der Waals surface area (Å²) in [6, 6.07) is 6.27. The van der Waals surface area contributed by atoms with E-state index in [4.69, 9.17) is 15.0 Å². The Hall–Kier alpha value is -4.02. The third kappa shape index (κ3) is 3.97. The lowest BCUT2D eigenvalue weighted by Gasteiger charge is -2.18. The molecule has 0 amide bonds. The van der Waals surface area contributed by atoms with E-state index in [1.54, 1.807) is 16.8 Å². The number of hydrogen-bond acceptors (Lipinski definition) is 8. The zero-order valence-electron chi connectivity index (χ0n) is 18.0. The summed E-state index contributed by atoms with van der Waals surface area (Å²) in [6.45, 7) is 1.98. The van der Waals surface area contributed by atoms with Crippen LogP contribution in [0.1, 0.15) is 48.8 Å². The van der Waals surface area contributed by atoms with Crippen molar-refractivity contribution < 1.29 is 5.11 Å². The standard InChI is InChI=1S/C22H23N9O2/c1-11-3-2-4-15(24-11)17(12-5-6-12)27-20-28-18-13(9-16-19(32)29-22(33)26-16)10-23-31(18)21(30-20)25-14-7-8-14/h2-4,9-10,12,14,17,32H,5-8H2,1H3,(H,25,27,30)(H2,26,29,33)/b13-9-. The van der Waals surface area contributed by atoms with Gasteiger partial charge < -0.3 is 15.4 Å². The molecule has 0 radical (unpaired) electrons. The van der Waals surface area contributed by atoms with E-state index in [9.17, 15) is 9.90 Å². The Labute approximate surface area is 187 Å². The van der Waals surface area contributed by atoms with Crippen molar-refractivity contribution >= 4 is 17.7 Å². The molecule has 1 atom stereocenters. The van der Waals surface area contributed by atoms with Gasteiger partial charge in [-0.25, -0.2) is 9.79 Å². The number of nitrogens with one attached hydrogen (secondary N) is 3. The van der Waals surface area contributed by atoms with Crippen molar-refractivity contribution in [3.05, 3.63) is 62.8 Å². The van der Waals surface area contributed by atoms with Gasteiger partial charge in [0, 0.05) is 10.9 Å². The molecule has 0 bridgehead atoms. The molecule has 33 heavy (non-hydrogen) atoms. The molecule has 2 saturated carbocycles. The normalized spacial score (nSPS) is 18.2. The van der Waals surface area contributed by atoms with E-state index < -0.39 is 5.69 Å². The third-order valence-corrected chi connectivity index (χ3v) is 5.86. The van der Waals surface area contributed by atoms with Gasteiger partial charge in [-0.05, 0) is 56.7 Å². The first kappa shape index (κ1) is 19.6. The molecular formula is C22H23N9O2. The van der Waals surface area contributed by atoms with E-state index in [2.05, 4.69) is 25.4 Å². The summed E-state index contributed by atoms with van der Waals surface area (Å²) in [5, 5.41) is 18.5. The number of imidazole rings is 1. The molecule has 2 aliphatic carbocycles. The van der Waals surface area contributed by atoms with Crippen LogP contribution in [0.5, 0.6) is 5.88 Å². The Morgan fingerprint density at radius 2 is 2.06 bits per heavy atom. The highest BCUT2D eigenvalue weighted by Gasteiger charge is 2.34. The van der Waals surface area contributed by atoms with Crippen LogP contribution in [0.15, 0.2) is 34.2 Å². The number of aromatic hydroxyl groups is 1. The smallest absolute Gasteiger partial charge is 0.326 e. The average molecular weight is 445 g/mol. The maximum absolute atomic E-state index is 11.5. The number of H-pyrrole nitrogens is 2. The predicted molar refractivity (Wildman–Crippen MR) is 119 cm³/mol. The molecule has 4 aromatic heterocycles. The fourth-order valence-corrected chi connectivity index (χ4v) is 3.88. The van der Waals surface area contributed by atoms with Gasteiger partial charge in [0.1, 0.15) is 5.69 Å². The molecule has 2 fully saturated rings. The van der Waals surface area contributed by atoms with Crippen LogP contribution in [0, 0.1) is 12.8 Å². The van der Waals surface area contributed by atoms with E-state index >= 15 is 0 Å². The lowest BCUT2D eigenvalue weighted by atomic mass is 10.1. The first-order chi connectivity index (χ1) is 16.0. The van der Waals surface area contributed by atoms with Crippen LogP contribution < -0.4 is 21.8 Å². The summed E-state index contributed by atoms with van der Waals surface area (Å²) in [6.07, 6.45) is 7.55. The van der Waals surface area contributed by atoms with Crippen molar-refractivity contribution in [1.29, 1.82) is 0 Å². The first-order valence-corrected chi connectivity index (χ1v) is 11.1. The molecule has 11 heteroatoms. The number of anilines is 1. The number of fused-ring (bicyclic) bond motifs is 1. The van der Waals surface area contributed by atoms with Crippen LogP contribution in [0.25, 0.3) is 11.7 Å². The lowest BCUT2D eigenvalue weighted by Crippen LogP contribution is -2.26. The topological polar surface area (TPSA) is 149 Å². The Morgan fingerprint density at radius 1 is 1.21 bits per heavy atom. The average Bonchev–Trinajstić information content (AvgIpc) is 3.71. The number of aromatic amines is 2. The van der Waals surface area contributed by atoms with Crippen LogP contribution >= 0.6 is 0 Å². The van der Waals surface area contributed by atoms with Crippen molar-refractivity contribution in [2.75, 3.05) is 5.32 Å². The summed E-state index contributed by atoms with van der Waals surface area (Å²) in [5.74, 6) is 0.679. The zero-order valence-corrected chi connectivity index (χ0v) is 18.0. The van der Waals surface area contributed by atoms with Gasteiger partial charge in [0.05, 0.1) is 24.0 Å². The number of nitrogens with zero attached hydrogens (tertiary/aromatic N) is 6. The van der Waals surface area contributed by atoms with E-state index in [1.807, 2.05) is 25.1 Å². The molecule has 2 aliphatic rings. The van der Waals surface area contributed by atoms with E-state index in [0.717, 1.165) is 37.1 Å². The van der Waals surface area contributed by atoms with E-state index in [0.29, 0.717) is 28.4 Å². The van der Waals surface area contributed by atoms with E-state index in [1.165, 1.54) is 0 Å². The van der Waals surface area contributed by atoms with Crippen LogP contribution in [0.4, 0.5) is 5.95 Å². The molecule has 0 saturated heterocycles. The highest BCUT2D eigenvalue weighted by Crippen LogP contribution is 2.41. The number of pyridine rings is 1. The molecule has 1 unspecified atom stereocenters. The van der Waals surface area contributed by atoms with Crippen LogP contribution in [0.2, 0.25) is 0 Å². The summed E-state index contributed by atoms with van der Waals surface area (Å²) in [4.78, 5) is 35.2. The minimum atomic E-state index is -0.491. The van der Waals surface area contributed by atoms with Crippen LogP contribution in [-0.2, 0) is 0 Å². The van der Waals surface area contributed by atoms with Gasteiger partial charge in [-0.2, -0.15) is 19.6 Å². The number of aromatic nitrogens is 7. The molecule has 0 spiro atoms. The Balaban J connectivity index is 1.48. The maximum Gasteiger partial charge on any atom is 0.326 e. The number of hydrogen-bond donors (Lipinski definition) is 4. The Kier molecular flexibility index (Phi) is 4.49. The van der Waals surface area contributed by atoms with Gasteiger partial charge in [0.2, 0.25) is 11.8 Å². The van der Waals surface area contributed by atoms with Crippen molar-refractivity contribution in [2.24, 2.45) is 10.9 Å². The van der Waals surface area contributed by atoms with Crippen molar-refractivity contribution in [3.63, 3.8) is 0 Å². The van der Waals surface area contributed by atoms with Crippen LogP contribution in [0.3, 0.4) is 0 Å². The van der Waals surface area contributed by atoms with Gasteiger partial charge in [0.25, 0.3) is 5.62 Å². The monoisotopic (exact) mass is 445 g/mol. The minimum absolute atomic E-state index is 0.00143. The van der Waals surface area contributed by atoms with Crippen molar-refractivity contribution in [1.82, 2.24) is 34.5 Å². The predicted octanol–water partition coefficient (Wildman–Crippen LogP) is 0.724. The highest BCUT2D eigenvalue weighted by atomic mass is 16.3. The summed E-state index contributed by atoms with van der Waals surface area (Å²) >= 11 is 0. The molecule has 0 aromatic carbocycles. The fraction of sp³-hybridized carbons (Fsp3) is 0.364. The van der Waals surface area contributed by atoms with Gasteiger partial charge in [-0.3, -0.25) is 9.97 Å². The second-order valence-corrected chi connectivity index (χ2v) is 8.69. The molecule has 168 valence electrons. The SMILES string of the molecule is Cc1cccc(C(Nc2nc(=NC3CC3)n3nc/c(=C/c4[nH]c(=O)[nH]c4O)c3n2)C2CC2)n1. The fourth-order valence-electron chi connectivity index (χ4n) is 3.88. The first-order valence-electron chi connectivity index (χ1n) is 11.1. The summed E-state index contributed by atoms with van der Waals surface area (Å²) < 4.78 is 1.59. The molecule has 0 aliphatic heterocycles. The quantitative estimate of drug-likeness (QED) is 0.342. The molecule has 4 N–H and O–H groups in total. The summed E-state index contributed by atoms with van der Waals surface area (Å²) in [5.41, 5.74) is 2.70. The lowest BCUT2D eigenvalue weighted by molar-refractivity contribution is 0.454. The van der Waals surface area contributed by atoms with Crippen molar-refractivity contribution in [3.8, 4) is 5.88 Å². The summed E-state index contributed by atoms with van der Waals surface area (Å²) in [7, 11) is 0.